The van der Waals surface area contributed by atoms with Crippen LogP contribution in [0.1, 0.15) is 16.8 Å². The van der Waals surface area contributed by atoms with Crippen molar-refractivity contribution < 1.29 is 0 Å². The Bertz CT molecular complexity index is 1080. The number of hydrogen-bond donors (Lipinski definition) is 1. The third kappa shape index (κ3) is 3.44. The van der Waals surface area contributed by atoms with Gasteiger partial charge in [0.25, 0.3) is 0 Å². The van der Waals surface area contributed by atoms with E-state index in [1.807, 2.05) is 66.3 Å². The average molecular weight is 355 g/mol. The maximum atomic E-state index is 4.70. The van der Waals surface area contributed by atoms with Crippen molar-refractivity contribution >= 4 is 11.6 Å². The number of para-hydroxylation sites is 1. The molecule has 1 N–H and O–H groups in total. The first kappa shape index (κ1) is 17.0. The normalized spacial score (nSPS) is 10.8. The van der Waals surface area contributed by atoms with Crippen molar-refractivity contribution in [2.75, 3.05) is 5.32 Å². The van der Waals surface area contributed by atoms with Crippen LogP contribution in [0.3, 0.4) is 0 Å². The number of hydrogen-bond acceptors (Lipinski definition) is 4. The minimum Gasteiger partial charge on any atom is -0.324 e. The zero-order chi connectivity index (χ0) is 18.8. The first-order valence-electron chi connectivity index (χ1n) is 8.90. The molecule has 0 fully saturated rings. The smallest absolute Gasteiger partial charge is 0.227 e. The fourth-order valence-corrected chi connectivity index (χ4v) is 3.00. The van der Waals surface area contributed by atoms with Crippen LogP contribution >= 0.6 is 0 Å². The maximum absolute atomic E-state index is 4.70. The van der Waals surface area contributed by atoms with Crippen LogP contribution in [0.2, 0.25) is 0 Å². The number of anilines is 2. The second-order valence-corrected chi connectivity index (χ2v) is 6.55. The van der Waals surface area contributed by atoms with Gasteiger partial charge >= 0.3 is 0 Å². The minimum atomic E-state index is 0.577. The molecule has 5 nitrogen and oxygen atoms in total. The van der Waals surface area contributed by atoms with Crippen molar-refractivity contribution in [1.82, 2.24) is 19.7 Å². The summed E-state index contributed by atoms with van der Waals surface area (Å²) in [5, 5.41) is 7.96. The fraction of sp³-hybridized carbons (Fsp3) is 0.136. The second kappa shape index (κ2) is 7.03. The van der Waals surface area contributed by atoms with Gasteiger partial charge in [-0.15, -0.1) is 0 Å². The summed E-state index contributed by atoms with van der Waals surface area (Å²) in [5.74, 6) is 0.577. The van der Waals surface area contributed by atoms with E-state index in [1.165, 1.54) is 11.1 Å². The van der Waals surface area contributed by atoms with E-state index in [0.29, 0.717) is 5.95 Å². The zero-order valence-electron chi connectivity index (χ0n) is 15.6. The van der Waals surface area contributed by atoms with Crippen LogP contribution in [-0.4, -0.2) is 19.7 Å². The SMILES string of the molecule is Cc1cccc(Nc2nccc(-c3cn(-c4ccccc4)nc3C)n2)c1C. The second-order valence-electron chi connectivity index (χ2n) is 6.55. The molecule has 0 atom stereocenters. The van der Waals surface area contributed by atoms with E-state index in [-0.39, 0.29) is 0 Å². The Labute approximate surface area is 158 Å². The van der Waals surface area contributed by atoms with Crippen LogP contribution in [-0.2, 0) is 0 Å². The van der Waals surface area contributed by atoms with E-state index in [1.54, 1.807) is 6.20 Å². The van der Waals surface area contributed by atoms with E-state index in [0.717, 1.165) is 28.3 Å². The van der Waals surface area contributed by atoms with Gasteiger partial charge in [0.05, 0.1) is 17.1 Å². The standard InChI is InChI=1S/C22H21N5/c1-15-8-7-11-20(16(15)2)24-22-23-13-12-21(25-22)19-14-27(26-17(19)3)18-9-5-4-6-10-18/h4-14H,1-3H3,(H,23,24,25). The van der Waals surface area contributed by atoms with Crippen LogP contribution in [0.5, 0.6) is 0 Å². The maximum Gasteiger partial charge on any atom is 0.227 e. The molecule has 0 amide bonds. The van der Waals surface area contributed by atoms with Crippen LogP contribution in [0.15, 0.2) is 67.0 Å². The van der Waals surface area contributed by atoms with Crippen LogP contribution in [0.4, 0.5) is 11.6 Å². The minimum absolute atomic E-state index is 0.577. The summed E-state index contributed by atoms with van der Waals surface area (Å²) in [6, 6.07) is 18.1. The Balaban J connectivity index is 1.67. The fourth-order valence-electron chi connectivity index (χ4n) is 3.00. The number of benzene rings is 2. The molecular formula is C22H21N5. The number of rotatable bonds is 4. The van der Waals surface area contributed by atoms with Crippen molar-refractivity contribution in [3.05, 3.63) is 83.8 Å². The van der Waals surface area contributed by atoms with Gasteiger partial charge in [0, 0.05) is 23.6 Å². The third-order valence-corrected chi connectivity index (χ3v) is 4.70. The molecule has 4 rings (SSSR count). The summed E-state index contributed by atoms with van der Waals surface area (Å²) in [6.07, 6.45) is 3.78. The van der Waals surface area contributed by atoms with Crippen molar-refractivity contribution in [3.63, 3.8) is 0 Å². The highest BCUT2D eigenvalue weighted by Crippen LogP contribution is 2.25. The molecule has 2 aromatic carbocycles. The summed E-state index contributed by atoms with van der Waals surface area (Å²) >= 11 is 0. The molecule has 4 aromatic rings. The lowest BCUT2D eigenvalue weighted by atomic mass is 10.1. The van der Waals surface area contributed by atoms with Gasteiger partial charge in [0.2, 0.25) is 5.95 Å². The monoisotopic (exact) mass is 355 g/mol. The van der Waals surface area contributed by atoms with E-state index < -0.39 is 0 Å². The molecule has 0 bridgehead atoms. The van der Waals surface area contributed by atoms with E-state index in [9.17, 15) is 0 Å². The van der Waals surface area contributed by atoms with Crippen LogP contribution < -0.4 is 5.32 Å². The molecule has 0 radical (unpaired) electrons. The summed E-state index contributed by atoms with van der Waals surface area (Å²) in [4.78, 5) is 9.08. The van der Waals surface area contributed by atoms with Gasteiger partial charge in [0.15, 0.2) is 0 Å². The van der Waals surface area contributed by atoms with E-state index in [4.69, 9.17) is 4.98 Å². The first-order chi connectivity index (χ1) is 13.1. The molecule has 0 aliphatic carbocycles. The lowest BCUT2D eigenvalue weighted by molar-refractivity contribution is 0.863. The molecular weight excluding hydrogens is 334 g/mol. The third-order valence-electron chi connectivity index (χ3n) is 4.70. The molecule has 0 aliphatic rings. The quantitative estimate of drug-likeness (QED) is 0.560. The van der Waals surface area contributed by atoms with Gasteiger partial charge in [-0.3, -0.25) is 0 Å². The molecule has 2 heterocycles. The molecule has 0 unspecified atom stereocenters. The zero-order valence-corrected chi connectivity index (χ0v) is 15.6. The van der Waals surface area contributed by atoms with Crippen molar-refractivity contribution in [1.29, 1.82) is 0 Å². The van der Waals surface area contributed by atoms with Gasteiger partial charge in [0.1, 0.15) is 0 Å². The molecule has 0 aliphatic heterocycles. The topological polar surface area (TPSA) is 55.6 Å². The van der Waals surface area contributed by atoms with Crippen LogP contribution in [0.25, 0.3) is 16.9 Å². The Morgan fingerprint density at radius 1 is 0.889 bits per heavy atom. The van der Waals surface area contributed by atoms with E-state index in [2.05, 4.69) is 35.3 Å². The first-order valence-corrected chi connectivity index (χ1v) is 8.90. The van der Waals surface area contributed by atoms with Crippen molar-refractivity contribution in [2.45, 2.75) is 20.8 Å². The Morgan fingerprint density at radius 3 is 2.52 bits per heavy atom. The molecule has 5 heteroatoms. The lowest BCUT2D eigenvalue weighted by Gasteiger charge is -2.10. The van der Waals surface area contributed by atoms with Crippen molar-refractivity contribution in [2.24, 2.45) is 0 Å². The molecule has 0 saturated heterocycles. The van der Waals surface area contributed by atoms with Crippen molar-refractivity contribution in [3.8, 4) is 16.9 Å². The summed E-state index contributed by atoms with van der Waals surface area (Å²) < 4.78 is 1.88. The lowest BCUT2D eigenvalue weighted by Crippen LogP contribution is -2.00. The molecule has 27 heavy (non-hydrogen) atoms. The highest BCUT2D eigenvalue weighted by Gasteiger charge is 2.11. The van der Waals surface area contributed by atoms with Gasteiger partial charge < -0.3 is 5.32 Å². The predicted octanol–water partition coefficient (Wildman–Crippen LogP) is 5.00. The van der Waals surface area contributed by atoms with Gasteiger partial charge in [-0.25, -0.2) is 14.6 Å². The highest BCUT2D eigenvalue weighted by molar-refractivity contribution is 5.65. The highest BCUT2D eigenvalue weighted by atomic mass is 15.3. The van der Waals surface area contributed by atoms with Gasteiger partial charge in [-0.05, 0) is 56.2 Å². The van der Waals surface area contributed by atoms with Gasteiger partial charge in [-0.1, -0.05) is 30.3 Å². The number of aromatic nitrogens is 4. The predicted molar refractivity (Wildman–Crippen MR) is 109 cm³/mol. The van der Waals surface area contributed by atoms with Crippen LogP contribution in [0, 0.1) is 20.8 Å². The Kier molecular flexibility index (Phi) is 4.42. The molecule has 0 spiro atoms. The van der Waals surface area contributed by atoms with Gasteiger partial charge in [-0.2, -0.15) is 5.10 Å². The summed E-state index contributed by atoms with van der Waals surface area (Å²) in [5.41, 5.74) is 7.23. The largest absolute Gasteiger partial charge is 0.324 e. The van der Waals surface area contributed by atoms with E-state index >= 15 is 0 Å². The average Bonchev–Trinajstić information content (AvgIpc) is 3.08. The molecule has 0 saturated carbocycles. The Hall–Kier alpha value is -3.47. The Morgan fingerprint density at radius 2 is 1.70 bits per heavy atom. The number of nitrogens with one attached hydrogen (secondary N) is 1. The molecule has 134 valence electrons. The number of aryl methyl sites for hydroxylation is 2. The summed E-state index contributed by atoms with van der Waals surface area (Å²) in [6.45, 7) is 6.18. The number of nitrogens with zero attached hydrogens (tertiary/aromatic N) is 4. The summed E-state index contributed by atoms with van der Waals surface area (Å²) in [7, 11) is 0. The molecule has 2 aromatic heterocycles.